The first-order valence-corrected chi connectivity index (χ1v) is 10.8. The van der Waals surface area contributed by atoms with Crippen LogP contribution in [0.15, 0.2) is 53.4 Å². The van der Waals surface area contributed by atoms with Crippen LogP contribution in [0.5, 0.6) is 5.75 Å². The Labute approximate surface area is 207 Å². The van der Waals surface area contributed by atoms with Gasteiger partial charge in [0.1, 0.15) is 11.4 Å². The van der Waals surface area contributed by atoms with Gasteiger partial charge in [-0.1, -0.05) is 0 Å². The predicted octanol–water partition coefficient (Wildman–Crippen LogP) is 5.89. The minimum Gasteiger partial charge on any atom is -0.475 e. The van der Waals surface area contributed by atoms with Gasteiger partial charge in [0.15, 0.2) is 5.82 Å². The van der Waals surface area contributed by atoms with Gasteiger partial charge in [-0.3, -0.25) is 4.90 Å². The van der Waals surface area contributed by atoms with Gasteiger partial charge in [-0.15, -0.1) is 24.5 Å². The number of ether oxygens (including phenoxy) is 1. The topological polar surface area (TPSA) is 120 Å². The van der Waals surface area contributed by atoms with Crippen LogP contribution >= 0.6 is 11.3 Å². The number of alkyl halides is 6. The second-order valence-electron chi connectivity index (χ2n) is 7.02. The molecule has 2 aromatic carbocycles. The highest BCUT2D eigenvalue weighted by Crippen LogP contribution is 2.26. The fourth-order valence-corrected chi connectivity index (χ4v) is 3.27. The van der Waals surface area contributed by atoms with Gasteiger partial charge >= 0.3 is 24.5 Å². The monoisotopic (exact) mass is 547 g/mol. The molecule has 0 aliphatic heterocycles. The third-order valence-electron chi connectivity index (χ3n) is 4.41. The Morgan fingerprint density at radius 1 is 1.08 bits per heavy atom. The van der Waals surface area contributed by atoms with E-state index < -0.39 is 24.5 Å². The molecule has 0 unspecified atom stereocenters. The molecular weight excluding hydrogens is 532 g/mol. The molecule has 0 saturated carbocycles. The van der Waals surface area contributed by atoms with E-state index in [1.807, 2.05) is 5.38 Å². The number of hydrogen-bond donors (Lipinski definition) is 3. The number of carboxylic acid groups (broad SMARTS) is 1. The van der Waals surface area contributed by atoms with Crippen molar-refractivity contribution in [2.75, 3.05) is 17.3 Å². The first-order chi connectivity index (χ1) is 17.2. The number of fused-ring (bicyclic) bond motifs is 1. The smallest absolute Gasteiger partial charge is 0.475 e. The number of aromatic nitrogens is 3. The SMILES string of the molecule is CN(C(=O)Nc1ccc2nc(-c3cscn3)[nH]c2c1)c1ccc(OC(F)(F)F)cc1.O=C(O)C(F)(F)F. The van der Waals surface area contributed by atoms with E-state index in [-0.39, 0.29) is 5.75 Å². The maximum atomic E-state index is 12.5. The number of nitrogens with zero attached hydrogens (tertiary/aromatic N) is 3. The van der Waals surface area contributed by atoms with Gasteiger partial charge in [0, 0.05) is 23.8 Å². The summed E-state index contributed by atoms with van der Waals surface area (Å²) in [7, 11) is 1.50. The lowest BCUT2D eigenvalue weighted by Crippen LogP contribution is -2.31. The first kappa shape index (κ1) is 27.3. The van der Waals surface area contributed by atoms with E-state index in [0.717, 1.165) is 28.9 Å². The number of nitrogens with one attached hydrogen (secondary N) is 2. The molecule has 0 fully saturated rings. The molecule has 2 aromatic heterocycles. The van der Waals surface area contributed by atoms with Crippen molar-refractivity contribution in [1.82, 2.24) is 15.0 Å². The lowest BCUT2D eigenvalue weighted by atomic mass is 10.2. The number of imidazole rings is 1. The molecule has 0 bridgehead atoms. The quantitative estimate of drug-likeness (QED) is 0.274. The standard InChI is InChI=1S/C19H14F3N5O2S.C2HF3O2/c1-27(12-3-5-13(6-4-12)29-19(20,21)22)18(28)24-11-2-7-14-15(8-11)26-17(25-14)16-9-30-10-23-16;3-2(4,5)1(6)7/h2-10H,1H3,(H,24,28)(H,25,26);(H,6,7). The van der Waals surface area contributed by atoms with Gasteiger partial charge in [-0.2, -0.15) is 13.2 Å². The number of anilines is 2. The number of aromatic amines is 1. The largest absolute Gasteiger partial charge is 0.573 e. The Hall–Kier alpha value is -4.34. The lowest BCUT2D eigenvalue weighted by molar-refractivity contribution is -0.274. The highest BCUT2D eigenvalue weighted by molar-refractivity contribution is 7.07. The molecule has 0 saturated heterocycles. The number of H-pyrrole nitrogens is 1. The minimum absolute atomic E-state index is 0.360. The normalized spacial score (nSPS) is 11.4. The summed E-state index contributed by atoms with van der Waals surface area (Å²) in [5, 5.41) is 11.7. The van der Waals surface area contributed by atoms with Crippen LogP contribution in [0.1, 0.15) is 0 Å². The average Bonchev–Trinajstić information content (AvgIpc) is 3.47. The number of hydrogen-bond acceptors (Lipinski definition) is 6. The van der Waals surface area contributed by atoms with Crippen LogP contribution in [0.2, 0.25) is 0 Å². The van der Waals surface area contributed by atoms with Gasteiger partial charge in [0.05, 0.1) is 16.5 Å². The van der Waals surface area contributed by atoms with Crippen LogP contribution < -0.4 is 15.0 Å². The molecule has 9 nitrogen and oxygen atoms in total. The second-order valence-corrected chi connectivity index (χ2v) is 7.74. The zero-order valence-electron chi connectivity index (χ0n) is 18.4. The Balaban J connectivity index is 0.000000479. The number of halogens is 6. The lowest BCUT2D eigenvalue weighted by Gasteiger charge is -2.18. The van der Waals surface area contributed by atoms with Crippen LogP contribution in [0.4, 0.5) is 42.5 Å². The summed E-state index contributed by atoms with van der Waals surface area (Å²) < 4.78 is 72.3. The molecular formula is C21H15F6N5O4S. The first-order valence-electron chi connectivity index (χ1n) is 9.82. The van der Waals surface area contributed by atoms with Gasteiger partial charge in [-0.25, -0.2) is 19.6 Å². The van der Waals surface area contributed by atoms with E-state index in [0.29, 0.717) is 17.2 Å². The number of amides is 2. The van der Waals surface area contributed by atoms with Crippen LogP contribution in [-0.4, -0.2) is 51.6 Å². The number of benzene rings is 2. The third kappa shape index (κ3) is 7.57. The number of thiazole rings is 1. The van der Waals surface area contributed by atoms with Crippen LogP contribution in [0, 0.1) is 0 Å². The number of carboxylic acids is 1. The molecule has 0 aliphatic carbocycles. The summed E-state index contributed by atoms with van der Waals surface area (Å²) in [6, 6.07) is 9.76. The molecule has 0 radical (unpaired) electrons. The fourth-order valence-electron chi connectivity index (χ4n) is 2.73. The molecule has 2 heterocycles. The number of carbonyl (C=O) groups excluding carboxylic acids is 1. The summed E-state index contributed by atoms with van der Waals surface area (Å²) in [4.78, 5) is 34.5. The fraction of sp³-hybridized carbons (Fsp3) is 0.143. The summed E-state index contributed by atoms with van der Waals surface area (Å²) in [5.74, 6) is -2.49. The molecule has 0 atom stereocenters. The van der Waals surface area contributed by atoms with Crippen molar-refractivity contribution in [2.45, 2.75) is 12.5 Å². The molecule has 37 heavy (non-hydrogen) atoms. The number of rotatable bonds is 4. The Morgan fingerprint density at radius 3 is 2.27 bits per heavy atom. The van der Waals surface area contributed by atoms with Crippen molar-refractivity contribution < 1.29 is 45.8 Å². The zero-order valence-corrected chi connectivity index (χ0v) is 19.2. The summed E-state index contributed by atoms with van der Waals surface area (Å²) in [6.07, 6.45) is -9.85. The number of aliphatic carboxylic acids is 1. The highest BCUT2D eigenvalue weighted by Gasteiger charge is 2.38. The molecule has 3 N–H and O–H groups in total. The summed E-state index contributed by atoms with van der Waals surface area (Å²) >= 11 is 1.46. The van der Waals surface area contributed by atoms with E-state index in [2.05, 4.69) is 25.0 Å². The second kappa shape index (κ2) is 10.7. The third-order valence-corrected chi connectivity index (χ3v) is 5.00. The molecule has 196 valence electrons. The molecule has 2 amide bonds. The van der Waals surface area contributed by atoms with E-state index in [1.165, 1.54) is 35.4 Å². The Kier molecular flexibility index (Phi) is 7.90. The van der Waals surface area contributed by atoms with Crippen molar-refractivity contribution in [3.05, 3.63) is 53.4 Å². The van der Waals surface area contributed by atoms with Gasteiger partial charge in [0.2, 0.25) is 0 Å². The van der Waals surface area contributed by atoms with E-state index >= 15 is 0 Å². The average molecular weight is 547 g/mol. The molecule has 0 spiro atoms. The van der Waals surface area contributed by atoms with Crippen LogP contribution in [0.25, 0.3) is 22.6 Å². The number of carbonyl (C=O) groups is 2. The summed E-state index contributed by atoms with van der Waals surface area (Å²) in [5.41, 5.74) is 4.84. The van der Waals surface area contributed by atoms with E-state index in [9.17, 15) is 31.1 Å². The summed E-state index contributed by atoms with van der Waals surface area (Å²) in [6.45, 7) is 0. The van der Waals surface area contributed by atoms with Gasteiger partial charge in [-0.05, 0) is 42.5 Å². The van der Waals surface area contributed by atoms with Crippen molar-refractivity contribution in [2.24, 2.45) is 0 Å². The molecule has 0 aliphatic rings. The zero-order chi connectivity index (χ0) is 27.4. The van der Waals surface area contributed by atoms with Crippen molar-refractivity contribution in [3.63, 3.8) is 0 Å². The van der Waals surface area contributed by atoms with Gasteiger partial charge < -0.3 is 20.1 Å². The predicted molar refractivity (Wildman–Crippen MR) is 121 cm³/mol. The maximum Gasteiger partial charge on any atom is 0.573 e. The molecule has 4 aromatic rings. The van der Waals surface area contributed by atoms with Crippen LogP contribution in [0.3, 0.4) is 0 Å². The van der Waals surface area contributed by atoms with Crippen LogP contribution in [-0.2, 0) is 4.79 Å². The van der Waals surface area contributed by atoms with E-state index in [1.54, 1.807) is 23.7 Å². The van der Waals surface area contributed by atoms with Crippen molar-refractivity contribution in [1.29, 1.82) is 0 Å². The Bertz CT molecular complexity index is 1370. The van der Waals surface area contributed by atoms with Crippen molar-refractivity contribution >= 4 is 45.7 Å². The number of urea groups is 1. The maximum absolute atomic E-state index is 12.5. The van der Waals surface area contributed by atoms with Gasteiger partial charge in [0.25, 0.3) is 0 Å². The highest BCUT2D eigenvalue weighted by atomic mass is 32.1. The van der Waals surface area contributed by atoms with E-state index in [4.69, 9.17) is 9.90 Å². The molecule has 16 heteroatoms. The minimum atomic E-state index is -5.08. The molecule has 4 rings (SSSR count). The van der Waals surface area contributed by atoms with Crippen molar-refractivity contribution in [3.8, 4) is 17.3 Å². The Morgan fingerprint density at radius 2 is 1.73 bits per heavy atom.